The van der Waals surface area contributed by atoms with Gasteiger partial charge in [0.1, 0.15) is 6.04 Å². The number of nitrogens with zero attached hydrogens (tertiary/aromatic N) is 1. The van der Waals surface area contributed by atoms with E-state index in [-0.39, 0.29) is 17.9 Å². The monoisotopic (exact) mass is 280 g/mol. The number of rotatable bonds is 3. The Morgan fingerprint density at radius 1 is 0.952 bits per heavy atom. The van der Waals surface area contributed by atoms with E-state index in [0.29, 0.717) is 18.5 Å². The standard InChI is InChI=1S/C17H16N2O2/c20-16(18-14-9-5-2-6-10-14)15-11-12-19(15)17(21)13-7-3-1-4-8-13/h1-10,15H,11-12H2,(H,18,20)/t15-/m0/s1. The Bertz CT molecular complexity index is 640. The van der Waals surface area contributed by atoms with Crippen LogP contribution in [0, 0.1) is 0 Å². The van der Waals surface area contributed by atoms with Crippen LogP contribution < -0.4 is 5.32 Å². The van der Waals surface area contributed by atoms with Crippen LogP contribution >= 0.6 is 0 Å². The number of likely N-dealkylation sites (tertiary alicyclic amines) is 1. The maximum atomic E-state index is 12.3. The summed E-state index contributed by atoms with van der Waals surface area (Å²) in [6.45, 7) is 0.626. The Morgan fingerprint density at radius 2 is 1.57 bits per heavy atom. The van der Waals surface area contributed by atoms with E-state index in [0.717, 1.165) is 5.69 Å². The molecule has 2 aromatic rings. The van der Waals surface area contributed by atoms with Crippen molar-refractivity contribution in [3.63, 3.8) is 0 Å². The van der Waals surface area contributed by atoms with Gasteiger partial charge in [0, 0.05) is 17.8 Å². The van der Waals surface area contributed by atoms with Crippen LogP contribution in [-0.2, 0) is 4.79 Å². The molecule has 1 aliphatic heterocycles. The van der Waals surface area contributed by atoms with Crippen molar-refractivity contribution in [2.45, 2.75) is 12.5 Å². The number of carbonyl (C=O) groups is 2. The van der Waals surface area contributed by atoms with Gasteiger partial charge in [-0.1, -0.05) is 36.4 Å². The maximum absolute atomic E-state index is 12.3. The van der Waals surface area contributed by atoms with Crippen LogP contribution in [0.1, 0.15) is 16.8 Å². The zero-order chi connectivity index (χ0) is 14.7. The number of amides is 2. The molecule has 1 heterocycles. The molecule has 1 saturated heterocycles. The largest absolute Gasteiger partial charge is 0.326 e. The lowest BCUT2D eigenvalue weighted by Gasteiger charge is -2.39. The van der Waals surface area contributed by atoms with Crippen LogP contribution in [0.3, 0.4) is 0 Å². The van der Waals surface area contributed by atoms with E-state index < -0.39 is 0 Å². The summed E-state index contributed by atoms with van der Waals surface area (Å²) < 4.78 is 0. The van der Waals surface area contributed by atoms with Crippen LogP contribution in [-0.4, -0.2) is 29.3 Å². The third-order valence-electron chi connectivity index (χ3n) is 3.65. The summed E-state index contributed by atoms with van der Waals surface area (Å²) in [5.74, 6) is -0.216. The zero-order valence-electron chi connectivity index (χ0n) is 11.5. The molecule has 0 radical (unpaired) electrons. The van der Waals surface area contributed by atoms with Gasteiger partial charge in [-0.05, 0) is 30.7 Å². The quantitative estimate of drug-likeness (QED) is 0.939. The number of para-hydroxylation sites is 1. The predicted octanol–water partition coefficient (Wildman–Crippen LogP) is 2.54. The molecule has 0 spiro atoms. The molecule has 0 bridgehead atoms. The Kier molecular flexibility index (Phi) is 3.69. The molecule has 3 rings (SSSR count). The van der Waals surface area contributed by atoms with E-state index >= 15 is 0 Å². The first kappa shape index (κ1) is 13.4. The lowest BCUT2D eigenvalue weighted by molar-refractivity contribution is -0.123. The Morgan fingerprint density at radius 3 is 2.14 bits per heavy atom. The van der Waals surface area contributed by atoms with Crippen molar-refractivity contribution >= 4 is 17.5 Å². The molecule has 1 atom stereocenters. The highest BCUT2D eigenvalue weighted by Crippen LogP contribution is 2.22. The number of hydrogen-bond donors (Lipinski definition) is 1. The zero-order valence-corrected chi connectivity index (χ0v) is 11.5. The van der Waals surface area contributed by atoms with E-state index in [1.54, 1.807) is 17.0 Å². The van der Waals surface area contributed by atoms with Crippen LogP contribution in [0.4, 0.5) is 5.69 Å². The van der Waals surface area contributed by atoms with Crippen LogP contribution in [0.2, 0.25) is 0 Å². The van der Waals surface area contributed by atoms with Crippen LogP contribution in [0.5, 0.6) is 0 Å². The highest BCUT2D eigenvalue weighted by molar-refractivity contribution is 6.02. The molecule has 1 N–H and O–H groups in total. The fourth-order valence-corrected chi connectivity index (χ4v) is 2.40. The summed E-state index contributed by atoms with van der Waals surface area (Å²) in [4.78, 5) is 26.2. The SMILES string of the molecule is O=C(Nc1ccccc1)[C@@H]1CCN1C(=O)c1ccccc1. The van der Waals surface area contributed by atoms with E-state index in [2.05, 4.69) is 5.32 Å². The van der Waals surface area contributed by atoms with Crippen molar-refractivity contribution < 1.29 is 9.59 Å². The van der Waals surface area contributed by atoms with Crippen molar-refractivity contribution in [1.29, 1.82) is 0 Å². The fraction of sp³-hybridized carbons (Fsp3) is 0.176. The van der Waals surface area contributed by atoms with Crippen LogP contribution in [0.15, 0.2) is 60.7 Å². The number of carbonyl (C=O) groups excluding carboxylic acids is 2. The minimum atomic E-state index is -0.377. The second-order valence-corrected chi connectivity index (χ2v) is 5.02. The van der Waals surface area contributed by atoms with Crippen molar-refractivity contribution in [3.8, 4) is 0 Å². The number of anilines is 1. The average molecular weight is 280 g/mol. The van der Waals surface area contributed by atoms with Crippen molar-refractivity contribution in [3.05, 3.63) is 66.2 Å². The van der Waals surface area contributed by atoms with Gasteiger partial charge in [0.05, 0.1) is 0 Å². The van der Waals surface area contributed by atoms with E-state index in [4.69, 9.17) is 0 Å². The van der Waals surface area contributed by atoms with E-state index in [1.165, 1.54) is 0 Å². The predicted molar refractivity (Wildman–Crippen MR) is 81.0 cm³/mol. The van der Waals surface area contributed by atoms with Gasteiger partial charge in [0.15, 0.2) is 0 Å². The first-order chi connectivity index (χ1) is 10.3. The molecule has 21 heavy (non-hydrogen) atoms. The summed E-state index contributed by atoms with van der Waals surface area (Å²) in [6.07, 6.45) is 0.706. The second kappa shape index (κ2) is 5.79. The third kappa shape index (κ3) is 2.79. The lowest BCUT2D eigenvalue weighted by atomic mass is 10.00. The molecule has 2 aromatic carbocycles. The molecular formula is C17H16N2O2. The molecule has 0 unspecified atom stereocenters. The first-order valence-electron chi connectivity index (χ1n) is 6.97. The first-order valence-corrected chi connectivity index (χ1v) is 6.97. The maximum Gasteiger partial charge on any atom is 0.254 e. The molecule has 1 aliphatic rings. The summed E-state index contributed by atoms with van der Waals surface area (Å²) in [7, 11) is 0. The van der Waals surface area contributed by atoms with Gasteiger partial charge < -0.3 is 10.2 Å². The molecule has 0 aliphatic carbocycles. The summed E-state index contributed by atoms with van der Waals surface area (Å²) in [6, 6.07) is 18.0. The summed E-state index contributed by atoms with van der Waals surface area (Å²) in [5.41, 5.74) is 1.37. The molecule has 1 fully saturated rings. The van der Waals surface area contributed by atoms with E-state index in [9.17, 15) is 9.59 Å². The molecule has 4 nitrogen and oxygen atoms in total. The summed E-state index contributed by atoms with van der Waals surface area (Å²) in [5, 5.41) is 2.85. The number of hydrogen-bond acceptors (Lipinski definition) is 2. The molecule has 4 heteroatoms. The van der Waals surface area contributed by atoms with Gasteiger partial charge >= 0.3 is 0 Å². The molecule has 2 amide bonds. The summed E-state index contributed by atoms with van der Waals surface area (Å²) >= 11 is 0. The minimum absolute atomic E-state index is 0.0879. The van der Waals surface area contributed by atoms with Crippen molar-refractivity contribution in [1.82, 2.24) is 4.90 Å². The van der Waals surface area contributed by atoms with E-state index in [1.807, 2.05) is 48.5 Å². The fourth-order valence-electron chi connectivity index (χ4n) is 2.40. The van der Waals surface area contributed by atoms with Gasteiger partial charge in [-0.2, -0.15) is 0 Å². The smallest absolute Gasteiger partial charge is 0.254 e. The van der Waals surface area contributed by atoms with Gasteiger partial charge in [0.2, 0.25) is 5.91 Å². The Balaban J connectivity index is 1.67. The number of nitrogens with one attached hydrogen (secondary N) is 1. The van der Waals surface area contributed by atoms with Gasteiger partial charge in [-0.3, -0.25) is 9.59 Å². The molecular weight excluding hydrogens is 264 g/mol. The highest BCUT2D eigenvalue weighted by Gasteiger charge is 2.37. The molecule has 0 saturated carbocycles. The van der Waals surface area contributed by atoms with Gasteiger partial charge in [-0.25, -0.2) is 0 Å². The van der Waals surface area contributed by atoms with Gasteiger partial charge in [0.25, 0.3) is 5.91 Å². The topological polar surface area (TPSA) is 49.4 Å². The third-order valence-corrected chi connectivity index (χ3v) is 3.65. The lowest BCUT2D eigenvalue weighted by Crippen LogP contribution is -2.56. The van der Waals surface area contributed by atoms with Gasteiger partial charge in [-0.15, -0.1) is 0 Å². The highest BCUT2D eigenvalue weighted by atomic mass is 16.2. The number of benzene rings is 2. The normalized spacial score (nSPS) is 17.0. The average Bonchev–Trinajstić information content (AvgIpc) is 2.48. The van der Waals surface area contributed by atoms with Crippen molar-refractivity contribution in [2.24, 2.45) is 0 Å². The molecule has 0 aromatic heterocycles. The second-order valence-electron chi connectivity index (χ2n) is 5.02. The Labute approximate surface area is 123 Å². The minimum Gasteiger partial charge on any atom is -0.326 e. The Hall–Kier alpha value is -2.62. The van der Waals surface area contributed by atoms with Crippen LogP contribution in [0.25, 0.3) is 0 Å². The molecule has 106 valence electrons. The van der Waals surface area contributed by atoms with Crippen molar-refractivity contribution in [2.75, 3.05) is 11.9 Å².